The number of hydrogen-bond acceptors (Lipinski definition) is 2. The van der Waals surface area contributed by atoms with Gasteiger partial charge in [-0.25, -0.2) is 4.39 Å². The van der Waals surface area contributed by atoms with Crippen LogP contribution >= 0.6 is 12.2 Å². The SMILES string of the molecule is CCc1ccc([C@H](NC(=S)NCCOC)c2cccc(F)c2)cc1. The van der Waals surface area contributed by atoms with Gasteiger partial charge in [0.05, 0.1) is 12.6 Å². The zero-order chi connectivity index (χ0) is 17.4. The second-order valence-corrected chi connectivity index (χ2v) is 5.88. The smallest absolute Gasteiger partial charge is 0.167 e. The molecule has 0 heterocycles. The minimum absolute atomic E-state index is 0.214. The summed E-state index contributed by atoms with van der Waals surface area (Å²) in [6.07, 6.45) is 0.981. The van der Waals surface area contributed by atoms with Crippen molar-refractivity contribution in [3.63, 3.8) is 0 Å². The minimum atomic E-state index is -0.261. The van der Waals surface area contributed by atoms with E-state index >= 15 is 0 Å². The van der Waals surface area contributed by atoms with E-state index in [2.05, 4.69) is 41.8 Å². The Labute approximate surface area is 148 Å². The van der Waals surface area contributed by atoms with Gasteiger partial charge in [-0.3, -0.25) is 0 Å². The fourth-order valence-corrected chi connectivity index (χ4v) is 2.66. The third-order valence-electron chi connectivity index (χ3n) is 3.77. The molecule has 0 fully saturated rings. The van der Waals surface area contributed by atoms with Crippen molar-refractivity contribution in [2.45, 2.75) is 19.4 Å². The molecule has 2 aromatic carbocycles. The molecule has 0 aliphatic carbocycles. The summed E-state index contributed by atoms with van der Waals surface area (Å²) in [5.74, 6) is -0.261. The monoisotopic (exact) mass is 346 g/mol. The predicted molar refractivity (Wildman–Crippen MR) is 99.7 cm³/mol. The van der Waals surface area contributed by atoms with E-state index in [1.165, 1.54) is 17.7 Å². The van der Waals surface area contributed by atoms with E-state index in [-0.39, 0.29) is 11.9 Å². The average molecular weight is 346 g/mol. The molecule has 3 nitrogen and oxygen atoms in total. The Morgan fingerprint density at radius 1 is 1.17 bits per heavy atom. The normalized spacial score (nSPS) is 11.8. The second kappa shape index (κ2) is 9.35. The largest absolute Gasteiger partial charge is 0.383 e. The molecule has 24 heavy (non-hydrogen) atoms. The molecule has 0 saturated carbocycles. The molecule has 0 unspecified atom stereocenters. The third kappa shape index (κ3) is 5.28. The van der Waals surface area contributed by atoms with Crippen LogP contribution in [0.4, 0.5) is 4.39 Å². The Kier molecular flexibility index (Phi) is 7.15. The van der Waals surface area contributed by atoms with Gasteiger partial charge in [0.1, 0.15) is 5.82 Å². The van der Waals surface area contributed by atoms with Crippen LogP contribution in [0, 0.1) is 5.82 Å². The summed E-state index contributed by atoms with van der Waals surface area (Å²) in [4.78, 5) is 0. The summed E-state index contributed by atoms with van der Waals surface area (Å²) < 4.78 is 18.7. The van der Waals surface area contributed by atoms with Crippen LogP contribution in [0.3, 0.4) is 0 Å². The van der Waals surface area contributed by atoms with E-state index in [9.17, 15) is 4.39 Å². The predicted octanol–water partition coefficient (Wildman–Crippen LogP) is 3.59. The number of halogens is 1. The molecule has 128 valence electrons. The Bertz CT molecular complexity index is 661. The molecule has 2 N–H and O–H groups in total. The summed E-state index contributed by atoms with van der Waals surface area (Å²) in [5, 5.41) is 6.88. The summed E-state index contributed by atoms with van der Waals surface area (Å²) in [6, 6.07) is 14.6. The highest BCUT2D eigenvalue weighted by molar-refractivity contribution is 7.80. The third-order valence-corrected chi connectivity index (χ3v) is 4.03. The van der Waals surface area contributed by atoms with Gasteiger partial charge in [0.2, 0.25) is 0 Å². The summed E-state index contributed by atoms with van der Waals surface area (Å²) >= 11 is 5.35. The number of aryl methyl sites for hydroxylation is 1. The van der Waals surface area contributed by atoms with Crippen molar-refractivity contribution in [1.29, 1.82) is 0 Å². The molecule has 0 amide bonds. The van der Waals surface area contributed by atoms with Crippen molar-refractivity contribution < 1.29 is 9.13 Å². The van der Waals surface area contributed by atoms with Crippen molar-refractivity contribution in [3.05, 3.63) is 71.0 Å². The molecule has 0 radical (unpaired) electrons. The highest BCUT2D eigenvalue weighted by atomic mass is 32.1. The topological polar surface area (TPSA) is 33.3 Å². The number of nitrogens with one attached hydrogen (secondary N) is 2. The Balaban J connectivity index is 2.22. The molecule has 0 saturated heterocycles. The van der Waals surface area contributed by atoms with Gasteiger partial charge in [0.25, 0.3) is 0 Å². The van der Waals surface area contributed by atoms with Crippen LogP contribution in [0.25, 0.3) is 0 Å². The van der Waals surface area contributed by atoms with Crippen molar-refractivity contribution in [2.24, 2.45) is 0 Å². The first-order chi connectivity index (χ1) is 11.6. The maximum Gasteiger partial charge on any atom is 0.167 e. The van der Waals surface area contributed by atoms with Gasteiger partial charge in [0.15, 0.2) is 5.11 Å². The zero-order valence-electron chi connectivity index (χ0n) is 14.0. The highest BCUT2D eigenvalue weighted by Gasteiger charge is 2.16. The van der Waals surface area contributed by atoms with E-state index in [4.69, 9.17) is 17.0 Å². The van der Waals surface area contributed by atoms with Gasteiger partial charge in [0, 0.05) is 13.7 Å². The van der Waals surface area contributed by atoms with Gasteiger partial charge >= 0.3 is 0 Å². The standard InChI is InChI=1S/C19H23FN2OS/c1-3-14-7-9-15(10-8-14)18(16-5-4-6-17(20)13-16)22-19(24)21-11-12-23-2/h4-10,13,18H,3,11-12H2,1-2H3,(H2,21,22,24)/t18-/m0/s1. The second-order valence-electron chi connectivity index (χ2n) is 5.48. The lowest BCUT2D eigenvalue weighted by Gasteiger charge is -2.22. The average Bonchev–Trinajstić information content (AvgIpc) is 2.60. The number of methoxy groups -OCH3 is 1. The van der Waals surface area contributed by atoms with Gasteiger partial charge in [-0.1, -0.05) is 43.3 Å². The van der Waals surface area contributed by atoms with E-state index in [0.717, 1.165) is 17.5 Å². The van der Waals surface area contributed by atoms with Crippen LogP contribution in [-0.4, -0.2) is 25.4 Å². The van der Waals surface area contributed by atoms with Crippen molar-refractivity contribution in [1.82, 2.24) is 10.6 Å². The van der Waals surface area contributed by atoms with E-state index in [0.29, 0.717) is 18.3 Å². The van der Waals surface area contributed by atoms with Gasteiger partial charge < -0.3 is 15.4 Å². The van der Waals surface area contributed by atoms with Crippen molar-refractivity contribution in [2.75, 3.05) is 20.3 Å². The number of hydrogen-bond donors (Lipinski definition) is 2. The van der Waals surface area contributed by atoms with Crippen LogP contribution in [-0.2, 0) is 11.2 Å². The summed E-state index contributed by atoms with van der Waals surface area (Å²) in [6.45, 7) is 3.30. The summed E-state index contributed by atoms with van der Waals surface area (Å²) in [7, 11) is 1.64. The Morgan fingerprint density at radius 3 is 2.54 bits per heavy atom. The van der Waals surface area contributed by atoms with E-state index < -0.39 is 0 Å². The molecule has 0 aliphatic rings. The van der Waals surface area contributed by atoms with Crippen LogP contribution in [0.2, 0.25) is 0 Å². The Morgan fingerprint density at radius 2 is 1.92 bits per heavy atom. The molecular weight excluding hydrogens is 323 g/mol. The van der Waals surface area contributed by atoms with Crippen LogP contribution in [0.15, 0.2) is 48.5 Å². The lowest BCUT2D eigenvalue weighted by molar-refractivity contribution is 0.204. The lowest BCUT2D eigenvalue weighted by Crippen LogP contribution is -2.39. The highest BCUT2D eigenvalue weighted by Crippen LogP contribution is 2.23. The molecular formula is C19H23FN2OS. The molecule has 1 atom stereocenters. The Hall–Kier alpha value is -1.98. The van der Waals surface area contributed by atoms with E-state index in [1.807, 2.05) is 6.07 Å². The number of benzene rings is 2. The fraction of sp³-hybridized carbons (Fsp3) is 0.316. The molecule has 5 heteroatoms. The molecule has 0 spiro atoms. The van der Waals surface area contributed by atoms with Crippen LogP contribution in [0.5, 0.6) is 0 Å². The first-order valence-corrected chi connectivity index (χ1v) is 8.42. The van der Waals surface area contributed by atoms with Crippen LogP contribution < -0.4 is 10.6 Å². The number of rotatable bonds is 7. The van der Waals surface area contributed by atoms with Crippen molar-refractivity contribution in [3.8, 4) is 0 Å². The lowest BCUT2D eigenvalue weighted by atomic mass is 9.97. The van der Waals surface area contributed by atoms with Crippen LogP contribution in [0.1, 0.15) is 29.7 Å². The quantitative estimate of drug-likeness (QED) is 0.593. The molecule has 0 aliphatic heterocycles. The molecule has 0 bridgehead atoms. The summed E-state index contributed by atoms with van der Waals surface area (Å²) in [5.41, 5.74) is 3.13. The molecule has 0 aromatic heterocycles. The maximum absolute atomic E-state index is 13.7. The maximum atomic E-state index is 13.7. The van der Waals surface area contributed by atoms with Gasteiger partial charge in [-0.05, 0) is 47.5 Å². The van der Waals surface area contributed by atoms with Gasteiger partial charge in [-0.2, -0.15) is 0 Å². The van der Waals surface area contributed by atoms with Crippen molar-refractivity contribution >= 4 is 17.3 Å². The molecule has 2 aromatic rings. The minimum Gasteiger partial charge on any atom is -0.383 e. The number of ether oxygens (including phenoxy) is 1. The first kappa shape index (κ1) is 18.4. The van der Waals surface area contributed by atoms with E-state index in [1.54, 1.807) is 13.2 Å². The van der Waals surface area contributed by atoms with Gasteiger partial charge in [-0.15, -0.1) is 0 Å². The zero-order valence-corrected chi connectivity index (χ0v) is 14.8. The number of thiocarbonyl (C=S) groups is 1. The fourth-order valence-electron chi connectivity index (χ4n) is 2.44. The first-order valence-electron chi connectivity index (χ1n) is 8.01. The molecule has 2 rings (SSSR count).